The van der Waals surface area contributed by atoms with Crippen LogP contribution in [0.5, 0.6) is 0 Å². The number of nitriles is 4. The second-order valence-electron chi connectivity index (χ2n) is 13.2. The molecule has 7 aromatic rings. The molecule has 0 aliphatic rings. The molecule has 60 heavy (non-hydrogen) atoms. The van der Waals surface area contributed by atoms with E-state index in [1.807, 2.05) is 0 Å². The van der Waals surface area contributed by atoms with Crippen LogP contribution in [0.2, 0.25) is 0 Å². The zero-order valence-corrected chi connectivity index (χ0v) is 29.9. The van der Waals surface area contributed by atoms with Gasteiger partial charge in [-0.05, 0) is 75.3 Å². The van der Waals surface area contributed by atoms with Crippen molar-refractivity contribution in [2.45, 2.75) is 24.7 Å². The molecule has 0 unspecified atom stereocenters. The molecule has 2 heterocycles. The Bertz CT molecular complexity index is 3300. The van der Waals surface area contributed by atoms with Crippen LogP contribution in [-0.2, 0) is 38.8 Å². The first-order chi connectivity index (χ1) is 28.0. The molecule has 0 spiro atoms. The lowest BCUT2D eigenvalue weighted by molar-refractivity contribution is -0.144. The average Bonchev–Trinajstić information content (AvgIpc) is 3.67. The predicted molar refractivity (Wildman–Crippen MR) is 189 cm³/mol. The Balaban J connectivity index is 1.90. The van der Waals surface area contributed by atoms with Crippen LogP contribution in [0, 0.1) is 45.3 Å². The zero-order chi connectivity index (χ0) is 44.0. The molecule has 20 heteroatoms. The maximum atomic E-state index is 15.1. The Kier molecular flexibility index (Phi) is 9.13. The Morgan fingerprint density at radius 2 is 0.950 bits per heavy atom. The molecule has 5 aromatic carbocycles. The van der Waals surface area contributed by atoms with Gasteiger partial charge in [0.15, 0.2) is 22.1 Å². The van der Waals surface area contributed by atoms with Gasteiger partial charge in [0.2, 0.25) is 0 Å². The first kappa shape index (κ1) is 40.6. The third-order valence-electron chi connectivity index (χ3n) is 9.85. The molecule has 0 fully saturated rings. The van der Waals surface area contributed by atoms with Gasteiger partial charge in [0.05, 0.1) is 44.3 Å². The van der Waals surface area contributed by atoms with Crippen molar-refractivity contribution in [3.8, 4) is 46.5 Å². The summed E-state index contributed by atoms with van der Waals surface area (Å²) in [5, 5.41) is 37.0. The van der Waals surface area contributed by atoms with E-state index in [0.717, 1.165) is 27.3 Å². The minimum Gasteiger partial charge on any atom is -0.326 e. The quantitative estimate of drug-likeness (QED) is 0.126. The average molecular weight is 837 g/mol. The van der Waals surface area contributed by atoms with E-state index in [0.29, 0.717) is 24.3 Å². The van der Waals surface area contributed by atoms with Crippen molar-refractivity contribution in [1.82, 2.24) is 19.1 Å². The summed E-state index contributed by atoms with van der Waals surface area (Å²) in [6.07, 6.45) is -21.6. The largest absolute Gasteiger partial charge is 0.417 e. The summed E-state index contributed by atoms with van der Waals surface area (Å²) in [7, 11) is 2.50. The Morgan fingerprint density at radius 1 is 0.500 bits per heavy atom. The monoisotopic (exact) mass is 836 g/mol. The maximum Gasteiger partial charge on any atom is 0.417 e. The fourth-order valence-corrected chi connectivity index (χ4v) is 7.31. The minimum absolute atomic E-state index is 0.0570. The molecule has 0 aliphatic heterocycles. The molecule has 0 atom stereocenters. The molecule has 0 saturated heterocycles. The van der Waals surface area contributed by atoms with Crippen LogP contribution in [-0.4, -0.2) is 19.1 Å². The topological polar surface area (TPSA) is 131 Å². The second kappa shape index (κ2) is 13.5. The SMILES string of the molecule is Cn1c(=C(C#N)C#N)nc2cc3c(-c4ccc(C(F)(F)F)cc4C(F)(F)F)c4ccc5nc(=C(C#N)C#N)n(C)c5c4c(-c4ccc(C(F)(F)F)cc4C(F)(F)F)c3cc21. The van der Waals surface area contributed by atoms with Crippen molar-refractivity contribution >= 4 is 54.8 Å². The summed E-state index contributed by atoms with van der Waals surface area (Å²) in [6, 6.07) is 12.3. The van der Waals surface area contributed by atoms with Crippen molar-refractivity contribution < 1.29 is 52.7 Å². The number of hydrogen-bond acceptors (Lipinski definition) is 6. The number of benzene rings is 5. The number of fused-ring (bicyclic) bond motifs is 5. The molecule has 0 bridgehead atoms. The lowest BCUT2D eigenvalue weighted by Crippen LogP contribution is -2.18. The predicted octanol–water partition coefficient (Wildman–Crippen LogP) is 9.57. The minimum atomic E-state index is -5.54. The first-order valence-electron chi connectivity index (χ1n) is 16.6. The molecule has 0 amide bonds. The number of aryl methyl sites for hydroxylation is 2. The van der Waals surface area contributed by atoms with Crippen LogP contribution in [0.15, 0.2) is 60.7 Å². The highest BCUT2D eigenvalue weighted by Gasteiger charge is 2.41. The smallest absolute Gasteiger partial charge is 0.326 e. The van der Waals surface area contributed by atoms with Gasteiger partial charge in [-0.15, -0.1) is 0 Å². The fraction of sp³-hybridized carbons (Fsp3) is 0.150. The summed E-state index contributed by atoms with van der Waals surface area (Å²) in [5.74, 6) is 0. The van der Waals surface area contributed by atoms with Gasteiger partial charge in [-0.2, -0.15) is 73.7 Å². The van der Waals surface area contributed by atoms with E-state index in [9.17, 15) is 60.6 Å². The summed E-state index contributed by atoms with van der Waals surface area (Å²) >= 11 is 0. The van der Waals surface area contributed by atoms with Gasteiger partial charge in [-0.25, -0.2) is 9.97 Å². The molecular weight excluding hydrogens is 820 g/mol. The van der Waals surface area contributed by atoms with E-state index < -0.39 is 96.5 Å². The first-order valence-corrected chi connectivity index (χ1v) is 16.6. The third-order valence-corrected chi connectivity index (χ3v) is 9.85. The van der Waals surface area contributed by atoms with Crippen LogP contribution in [0.25, 0.3) is 77.0 Å². The molecule has 0 saturated carbocycles. The van der Waals surface area contributed by atoms with Crippen LogP contribution in [0.1, 0.15) is 22.3 Å². The second-order valence-corrected chi connectivity index (χ2v) is 13.2. The van der Waals surface area contributed by atoms with Gasteiger partial charge in [0, 0.05) is 25.0 Å². The van der Waals surface area contributed by atoms with Gasteiger partial charge in [0.25, 0.3) is 0 Å². The number of hydrogen-bond donors (Lipinski definition) is 0. The van der Waals surface area contributed by atoms with Gasteiger partial charge in [-0.1, -0.05) is 18.2 Å². The van der Waals surface area contributed by atoms with Crippen molar-refractivity contribution in [2.75, 3.05) is 0 Å². The highest BCUT2D eigenvalue weighted by atomic mass is 19.4. The highest BCUT2D eigenvalue weighted by Crippen LogP contribution is 2.52. The number of rotatable bonds is 2. The van der Waals surface area contributed by atoms with Crippen molar-refractivity contribution in [1.29, 1.82) is 21.0 Å². The summed E-state index contributed by atoms with van der Waals surface area (Å²) in [6.45, 7) is 0. The van der Waals surface area contributed by atoms with E-state index in [1.165, 1.54) is 20.2 Å². The summed E-state index contributed by atoms with van der Waals surface area (Å²) < 4.78 is 176. The molecule has 8 nitrogen and oxygen atoms in total. The Morgan fingerprint density at radius 3 is 1.42 bits per heavy atom. The Labute approximate surface area is 326 Å². The van der Waals surface area contributed by atoms with Gasteiger partial charge in [-0.3, -0.25) is 0 Å². The third kappa shape index (κ3) is 6.34. The number of alkyl halides is 12. The zero-order valence-electron chi connectivity index (χ0n) is 29.9. The van der Waals surface area contributed by atoms with E-state index in [-0.39, 0.29) is 50.5 Å². The van der Waals surface area contributed by atoms with Crippen LogP contribution >= 0.6 is 0 Å². The number of halogens is 12. The maximum absolute atomic E-state index is 15.1. The van der Waals surface area contributed by atoms with E-state index >= 15 is 13.2 Å². The van der Waals surface area contributed by atoms with Crippen LogP contribution < -0.4 is 11.0 Å². The number of imidazole rings is 2. The molecule has 0 N–H and O–H groups in total. The van der Waals surface area contributed by atoms with E-state index in [1.54, 1.807) is 24.3 Å². The molecule has 7 rings (SSSR count). The normalized spacial score (nSPS) is 12.4. The molecule has 0 radical (unpaired) electrons. The highest BCUT2D eigenvalue weighted by molar-refractivity contribution is 6.28. The molecule has 0 aliphatic carbocycles. The van der Waals surface area contributed by atoms with Gasteiger partial charge >= 0.3 is 24.7 Å². The number of nitrogens with zero attached hydrogens (tertiary/aromatic N) is 8. The summed E-state index contributed by atoms with van der Waals surface area (Å²) in [5.41, 5.74) is -12.5. The fourth-order valence-electron chi connectivity index (χ4n) is 7.31. The number of aromatic nitrogens is 4. The van der Waals surface area contributed by atoms with Crippen molar-refractivity contribution in [3.63, 3.8) is 0 Å². The molecular formula is C40H16F12N8. The standard InChI is InChI=1S/C40H16F12N8/c1-59-30-12-25-24(11-29(30)58-35(59)17(13-53)14-54)31(21-5-3-19(37(41,42)43)9-26(21)39(47,48)49)23-7-8-28-34(60(2)36(57-28)18(15-55)16-56)33(23)32(25)22-6-4-20(38(44,45)46)10-27(22)40(50,51)52/h3-12H,1-2H3. The summed E-state index contributed by atoms with van der Waals surface area (Å²) in [4.78, 5) is 8.53. The van der Waals surface area contributed by atoms with Gasteiger partial charge in [0.1, 0.15) is 24.3 Å². The van der Waals surface area contributed by atoms with Crippen LogP contribution in [0.4, 0.5) is 52.7 Å². The van der Waals surface area contributed by atoms with E-state index in [2.05, 4.69) is 9.97 Å². The van der Waals surface area contributed by atoms with Crippen molar-refractivity contribution in [3.05, 3.63) is 93.9 Å². The van der Waals surface area contributed by atoms with Crippen molar-refractivity contribution in [2.24, 2.45) is 14.1 Å². The van der Waals surface area contributed by atoms with Crippen LogP contribution in [0.3, 0.4) is 0 Å². The molecule has 2 aromatic heterocycles. The molecule has 300 valence electrons. The van der Waals surface area contributed by atoms with Gasteiger partial charge < -0.3 is 9.13 Å². The lowest BCUT2D eigenvalue weighted by atomic mass is 9.82. The Hall–Kier alpha value is -7.58. The lowest BCUT2D eigenvalue weighted by Gasteiger charge is -2.23. The van der Waals surface area contributed by atoms with E-state index in [4.69, 9.17) is 0 Å².